The van der Waals surface area contributed by atoms with Gasteiger partial charge in [0.15, 0.2) is 0 Å². The molecule has 1 N–H and O–H groups in total. The van der Waals surface area contributed by atoms with Gasteiger partial charge >= 0.3 is 5.97 Å². The van der Waals surface area contributed by atoms with Crippen molar-refractivity contribution in [3.05, 3.63) is 65.7 Å². The monoisotopic (exact) mass is 339 g/mol. The first kappa shape index (κ1) is 18.3. The van der Waals surface area contributed by atoms with Gasteiger partial charge in [-0.1, -0.05) is 18.2 Å². The molecule has 5 nitrogen and oxygen atoms in total. The molecule has 0 fully saturated rings. The van der Waals surface area contributed by atoms with Crippen LogP contribution in [0.5, 0.6) is 5.75 Å². The lowest BCUT2D eigenvalue weighted by Crippen LogP contribution is -2.13. The third-order valence-corrected chi connectivity index (χ3v) is 3.23. The van der Waals surface area contributed by atoms with E-state index in [1.807, 2.05) is 24.3 Å². The molecule has 0 saturated carbocycles. The lowest BCUT2D eigenvalue weighted by molar-refractivity contribution is -0.111. The molecule has 0 heterocycles. The summed E-state index contributed by atoms with van der Waals surface area (Å²) in [6.07, 6.45) is 2.92. The van der Waals surface area contributed by atoms with Crippen molar-refractivity contribution in [1.82, 2.24) is 0 Å². The maximum absolute atomic E-state index is 12.1. The van der Waals surface area contributed by atoms with Gasteiger partial charge in [-0.2, -0.15) is 0 Å². The van der Waals surface area contributed by atoms with Crippen LogP contribution in [0.25, 0.3) is 6.08 Å². The predicted molar refractivity (Wildman–Crippen MR) is 97.7 cm³/mol. The fourth-order valence-electron chi connectivity index (χ4n) is 2.11. The van der Waals surface area contributed by atoms with Crippen molar-refractivity contribution in [2.45, 2.75) is 20.0 Å². The summed E-state index contributed by atoms with van der Waals surface area (Å²) in [7, 11) is 1.59. The molecule has 0 radical (unpaired) electrons. The van der Waals surface area contributed by atoms with Crippen LogP contribution in [0.4, 0.5) is 5.69 Å². The molecule has 0 spiro atoms. The van der Waals surface area contributed by atoms with Crippen LogP contribution in [0.1, 0.15) is 29.8 Å². The second kappa shape index (κ2) is 8.68. The van der Waals surface area contributed by atoms with Crippen molar-refractivity contribution >= 4 is 23.6 Å². The van der Waals surface area contributed by atoms with E-state index in [0.717, 1.165) is 11.3 Å². The summed E-state index contributed by atoms with van der Waals surface area (Å²) in [5.41, 5.74) is 1.77. The quantitative estimate of drug-likeness (QED) is 0.640. The molecule has 2 aromatic rings. The van der Waals surface area contributed by atoms with Crippen molar-refractivity contribution in [2.75, 3.05) is 12.4 Å². The van der Waals surface area contributed by atoms with E-state index in [2.05, 4.69) is 5.32 Å². The van der Waals surface area contributed by atoms with Gasteiger partial charge in [0.1, 0.15) is 5.75 Å². The molecule has 0 atom stereocenters. The van der Waals surface area contributed by atoms with Gasteiger partial charge < -0.3 is 14.8 Å². The highest BCUT2D eigenvalue weighted by Crippen LogP contribution is 2.15. The van der Waals surface area contributed by atoms with Crippen LogP contribution >= 0.6 is 0 Å². The summed E-state index contributed by atoms with van der Waals surface area (Å²) in [5, 5.41) is 2.72. The van der Waals surface area contributed by atoms with E-state index in [9.17, 15) is 9.59 Å². The van der Waals surface area contributed by atoms with Crippen LogP contribution in [0.3, 0.4) is 0 Å². The van der Waals surface area contributed by atoms with Crippen LogP contribution in [-0.4, -0.2) is 25.1 Å². The molecule has 5 heteroatoms. The second-order valence-corrected chi connectivity index (χ2v) is 5.63. The summed E-state index contributed by atoms with van der Waals surface area (Å²) in [6, 6.07) is 14.0. The molecule has 2 aromatic carbocycles. The topological polar surface area (TPSA) is 64.6 Å². The number of carbonyl (C=O) groups is 2. The number of benzene rings is 2. The van der Waals surface area contributed by atoms with Crippen LogP contribution in [-0.2, 0) is 9.53 Å². The lowest BCUT2D eigenvalue weighted by Gasteiger charge is -2.09. The minimum absolute atomic E-state index is 0.198. The standard InChI is InChI=1S/C20H21NO4/c1-14(2)25-20(23)16-7-5-8-17(13-16)21-19(22)11-10-15-6-4-9-18(12-15)24-3/h4-14H,1-3H3,(H,21,22)/b11-10+. The van der Waals surface area contributed by atoms with Crippen molar-refractivity contribution in [3.63, 3.8) is 0 Å². The Morgan fingerprint density at radius 1 is 1.08 bits per heavy atom. The number of amides is 1. The number of methoxy groups -OCH3 is 1. The zero-order valence-corrected chi connectivity index (χ0v) is 14.5. The highest BCUT2D eigenvalue weighted by Gasteiger charge is 2.10. The van der Waals surface area contributed by atoms with Gasteiger partial charge in [0.25, 0.3) is 0 Å². The summed E-state index contributed by atoms with van der Waals surface area (Å²) < 4.78 is 10.3. The number of hydrogen-bond acceptors (Lipinski definition) is 4. The van der Waals surface area contributed by atoms with Crippen LogP contribution in [0.2, 0.25) is 0 Å². The molecule has 0 aliphatic carbocycles. The highest BCUT2D eigenvalue weighted by molar-refractivity contribution is 6.02. The molecule has 0 bridgehead atoms. The van der Waals surface area contributed by atoms with Gasteiger partial charge in [0.05, 0.1) is 18.8 Å². The number of carbonyl (C=O) groups excluding carboxylic acids is 2. The van der Waals surface area contributed by atoms with Gasteiger partial charge in [0, 0.05) is 11.8 Å². The summed E-state index contributed by atoms with van der Waals surface area (Å²) >= 11 is 0. The smallest absolute Gasteiger partial charge is 0.338 e. The molecule has 130 valence electrons. The Labute approximate surface area is 147 Å². The second-order valence-electron chi connectivity index (χ2n) is 5.63. The van der Waals surface area contributed by atoms with Gasteiger partial charge in [-0.3, -0.25) is 4.79 Å². The molecule has 1 amide bonds. The summed E-state index contributed by atoms with van der Waals surface area (Å²) in [4.78, 5) is 24.0. The molecule has 0 saturated heterocycles. The lowest BCUT2D eigenvalue weighted by atomic mass is 10.2. The van der Waals surface area contributed by atoms with E-state index in [1.165, 1.54) is 6.08 Å². The molecule has 0 unspecified atom stereocenters. The zero-order valence-electron chi connectivity index (χ0n) is 14.5. The Balaban J connectivity index is 2.02. The Morgan fingerprint density at radius 3 is 2.56 bits per heavy atom. The fourth-order valence-corrected chi connectivity index (χ4v) is 2.11. The molecule has 2 rings (SSSR count). The largest absolute Gasteiger partial charge is 0.497 e. The zero-order chi connectivity index (χ0) is 18.2. The van der Waals surface area contributed by atoms with Crippen molar-refractivity contribution in [2.24, 2.45) is 0 Å². The third kappa shape index (κ3) is 5.80. The fraction of sp³-hybridized carbons (Fsp3) is 0.200. The number of hydrogen-bond donors (Lipinski definition) is 1. The van der Waals surface area contributed by atoms with Gasteiger partial charge in [-0.15, -0.1) is 0 Å². The van der Waals surface area contributed by atoms with E-state index in [4.69, 9.17) is 9.47 Å². The molecule has 0 aromatic heterocycles. The number of ether oxygens (including phenoxy) is 2. The Morgan fingerprint density at radius 2 is 1.84 bits per heavy atom. The maximum Gasteiger partial charge on any atom is 0.338 e. The summed E-state index contributed by atoms with van der Waals surface area (Å²) in [6.45, 7) is 3.57. The average Bonchev–Trinajstić information content (AvgIpc) is 2.60. The number of rotatable bonds is 6. The number of nitrogens with one attached hydrogen (secondary N) is 1. The number of esters is 1. The molecular formula is C20H21NO4. The van der Waals surface area contributed by atoms with Crippen molar-refractivity contribution in [1.29, 1.82) is 0 Å². The maximum atomic E-state index is 12.1. The van der Waals surface area contributed by atoms with E-state index >= 15 is 0 Å². The first-order valence-corrected chi connectivity index (χ1v) is 7.92. The Bertz CT molecular complexity index is 781. The highest BCUT2D eigenvalue weighted by atomic mass is 16.5. The van der Waals surface area contributed by atoms with Crippen molar-refractivity contribution in [3.8, 4) is 5.75 Å². The van der Waals surface area contributed by atoms with E-state index in [1.54, 1.807) is 51.3 Å². The average molecular weight is 339 g/mol. The minimum atomic E-state index is -0.418. The first-order chi connectivity index (χ1) is 12.0. The molecule has 0 aliphatic heterocycles. The SMILES string of the molecule is COc1cccc(/C=C/C(=O)Nc2cccc(C(=O)OC(C)C)c2)c1. The third-order valence-electron chi connectivity index (χ3n) is 3.23. The first-order valence-electron chi connectivity index (χ1n) is 7.92. The normalized spacial score (nSPS) is 10.7. The van der Waals surface area contributed by atoms with Crippen LogP contribution < -0.4 is 10.1 Å². The number of anilines is 1. The van der Waals surface area contributed by atoms with E-state index in [0.29, 0.717) is 11.3 Å². The molecular weight excluding hydrogens is 318 g/mol. The van der Waals surface area contributed by atoms with Crippen molar-refractivity contribution < 1.29 is 19.1 Å². The molecule has 25 heavy (non-hydrogen) atoms. The van der Waals surface area contributed by atoms with Crippen LogP contribution in [0, 0.1) is 0 Å². The minimum Gasteiger partial charge on any atom is -0.497 e. The predicted octanol–water partition coefficient (Wildman–Crippen LogP) is 3.91. The van der Waals surface area contributed by atoms with Crippen LogP contribution in [0.15, 0.2) is 54.6 Å². The summed E-state index contributed by atoms with van der Waals surface area (Å²) in [5.74, 6) is 0.00847. The molecule has 0 aliphatic rings. The van der Waals surface area contributed by atoms with Gasteiger partial charge in [-0.25, -0.2) is 4.79 Å². The Hall–Kier alpha value is -3.08. The Kier molecular flexibility index (Phi) is 6.34. The van der Waals surface area contributed by atoms with Gasteiger partial charge in [-0.05, 0) is 55.8 Å². The van der Waals surface area contributed by atoms with Gasteiger partial charge in [0.2, 0.25) is 5.91 Å². The van der Waals surface area contributed by atoms with E-state index < -0.39 is 5.97 Å². The van der Waals surface area contributed by atoms with E-state index in [-0.39, 0.29) is 12.0 Å².